The van der Waals surface area contributed by atoms with Crippen LogP contribution >= 0.6 is 0 Å². The molecule has 4 aliphatic carbocycles. The first-order valence-corrected chi connectivity index (χ1v) is 8.93. The Morgan fingerprint density at radius 2 is 1.92 bits per heavy atom. The molecule has 128 valence electrons. The lowest BCUT2D eigenvalue weighted by Crippen LogP contribution is -2.56. The van der Waals surface area contributed by atoms with Gasteiger partial charge in [0.25, 0.3) is 0 Å². The van der Waals surface area contributed by atoms with Crippen LogP contribution in [0.2, 0.25) is 0 Å². The van der Waals surface area contributed by atoms with Gasteiger partial charge in [0, 0.05) is 18.2 Å². The number of hydrogen-bond acceptors (Lipinski definition) is 4. The maximum Gasteiger partial charge on any atom is 0.231 e. The number of hydrogen-bond donors (Lipinski definition) is 2. The van der Waals surface area contributed by atoms with Crippen molar-refractivity contribution in [3.63, 3.8) is 0 Å². The van der Waals surface area contributed by atoms with Gasteiger partial charge in [-0.25, -0.2) is 0 Å². The Labute approximate surface area is 141 Å². The Balaban J connectivity index is 1.30. The van der Waals surface area contributed by atoms with Gasteiger partial charge < -0.3 is 19.9 Å². The third-order valence-corrected chi connectivity index (χ3v) is 6.34. The van der Waals surface area contributed by atoms with Crippen molar-refractivity contribution in [2.24, 2.45) is 17.3 Å². The van der Waals surface area contributed by atoms with Gasteiger partial charge in [-0.1, -0.05) is 0 Å². The van der Waals surface area contributed by atoms with Crippen molar-refractivity contribution in [1.29, 1.82) is 0 Å². The van der Waals surface area contributed by atoms with Crippen molar-refractivity contribution in [3.05, 3.63) is 18.2 Å². The number of nitrogens with one attached hydrogen (secondary N) is 1. The molecular formula is C19H23NO4. The number of amides is 1. The molecule has 2 N–H and O–H groups in total. The minimum absolute atomic E-state index is 0.000739. The number of aliphatic hydroxyl groups is 1. The topological polar surface area (TPSA) is 67.8 Å². The molecule has 6 rings (SSSR count). The van der Waals surface area contributed by atoms with Crippen LogP contribution in [0.25, 0.3) is 0 Å². The summed E-state index contributed by atoms with van der Waals surface area (Å²) in [7, 11) is 0. The summed E-state index contributed by atoms with van der Waals surface area (Å²) in [6.07, 6.45) is 6.62. The fourth-order valence-corrected chi connectivity index (χ4v) is 6.13. The highest BCUT2D eigenvalue weighted by Crippen LogP contribution is 2.62. The van der Waals surface area contributed by atoms with E-state index in [0.717, 1.165) is 43.5 Å². The molecule has 5 heteroatoms. The summed E-state index contributed by atoms with van der Waals surface area (Å²) < 4.78 is 10.7. The molecule has 1 aromatic carbocycles. The lowest BCUT2D eigenvalue weighted by atomic mass is 9.47. The quantitative estimate of drug-likeness (QED) is 0.894. The summed E-state index contributed by atoms with van der Waals surface area (Å²) in [4.78, 5) is 12.6. The molecule has 5 aliphatic rings. The van der Waals surface area contributed by atoms with E-state index in [9.17, 15) is 9.90 Å². The molecule has 1 aliphatic heterocycles. The predicted octanol–water partition coefficient (Wildman–Crippen LogP) is 3.08. The monoisotopic (exact) mass is 329 g/mol. The third kappa shape index (κ3) is 2.37. The molecule has 0 saturated heterocycles. The largest absolute Gasteiger partial charge is 0.454 e. The number of benzene rings is 1. The van der Waals surface area contributed by atoms with E-state index in [-0.39, 0.29) is 18.1 Å². The average molecular weight is 329 g/mol. The zero-order valence-corrected chi connectivity index (χ0v) is 13.7. The first kappa shape index (κ1) is 14.6. The van der Waals surface area contributed by atoms with Crippen molar-refractivity contribution >= 4 is 11.6 Å². The summed E-state index contributed by atoms with van der Waals surface area (Å²) in [5, 5.41) is 13.8. The summed E-state index contributed by atoms with van der Waals surface area (Å²) >= 11 is 0. The second-order valence-electron chi connectivity index (χ2n) is 8.48. The van der Waals surface area contributed by atoms with Gasteiger partial charge in [0.2, 0.25) is 12.7 Å². The second kappa shape index (κ2) is 4.88. The Kier molecular flexibility index (Phi) is 2.97. The van der Waals surface area contributed by atoms with E-state index < -0.39 is 5.60 Å². The number of carbonyl (C=O) groups excluding carboxylic acids is 1. The van der Waals surface area contributed by atoms with Crippen LogP contribution in [-0.4, -0.2) is 23.4 Å². The van der Waals surface area contributed by atoms with Gasteiger partial charge in [-0.15, -0.1) is 0 Å². The average Bonchev–Trinajstić information content (AvgIpc) is 2.91. The Morgan fingerprint density at radius 3 is 2.67 bits per heavy atom. The van der Waals surface area contributed by atoms with Crippen molar-refractivity contribution in [3.8, 4) is 11.5 Å². The SMILES string of the molecule is O=C(CC12C[C@@H]3C[C@@H](CC(O)(C3)C1)C2)Nc1ccc2c(c1)OCO2. The Bertz CT molecular complexity index is 687. The van der Waals surface area contributed by atoms with Gasteiger partial charge in [0.05, 0.1) is 5.60 Å². The highest BCUT2D eigenvalue weighted by Gasteiger charge is 2.57. The number of carbonyl (C=O) groups is 1. The van der Waals surface area contributed by atoms with Gasteiger partial charge in [0.1, 0.15) is 0 Å². The first-order chi connectivity index (χ1) is 11.5. The molecular weight excluding hydrogens is 306 g/mol. The molecule has 4 atom stereocenters. The Hall–Kier alpha value is -1.75. The van der Waals surface area contributed by atoms with Gasteiger partial charge in [-0.3, -0.25) is 4.79 Å². The minimum Gasteiger partial charge on any atom is -0.454 e. The van der Waals surface area contributed by atoms with Crippen LogP contribution in [-0.2, 0) is 4.79 Å². The molecule has 2 unspecified atom stereocenters. The summed E-state index contributed by atoms with van der Waals surface area (Å²) in [6.45, 7) is 0.233. The molecule has 1 amide bonds. The van der Waals surface area contributed by atoms with Crippen molar-refractivity contribution in [1.82, 2.24) is 0 Å². The van der Waals surface area contributed by atoms with Gasteiger partial charge in [0.15, 0.2) is 11.5 Å². The van der Waals surface area contributed by atoms with Crippen molar-refractivity contribution in [2.45, 2.75) is 50.5 Å². The molecule has 4 fully saturated rings. The molecule has 0 spiro atoms. The summed E-state index contributed by atoms with van der Waals surface area (Å²) in [5.74, 6) is 2.65. The molecule has 0 aromatic heterocycles. The Morgan fingerprint density at radius 1 is 1.17 bits per heavy atom. The van der Waals surface area contributed by atoms with E-state index in [1.54, 1.807) is 0 Å². The number of rotatable bonds is 3. The van der Waals surface area contributed by atoms with Crippen molar-refractivity contribution in [2.75, 3.05) is 12.1 Å². The molecule has 24 heavy (non-hydrogen) atoms. The lowest BCUT2D eigenvalue weighted by molar-refractivity contribution is -0.167. The van der Waals surface area contributed by atoms with Crippen LogP contribution in [0, 0.1) is 17.3 Å². The fourth-order valence-electron chi connectivity index (χ4n) is 6.13. The van der Waals surface area contributed by atoms with E-state index in [1.807, 2.05) is 18.2 Å². The maximum atomic E-state index is 12.6. The van der Waals surface area contributed by atoms with Gasteiger partial charge >= 0.3 is 0 Å². The molecule has 0 radical (unpaired) electrons. The maximum absolute atomic E-state index is 12.6. The van der Waals surface area contributed by atoms with Crippen LogP contribution in [0.1, 0.15) is 44.9 Å². The fraction of sp³-hybridized carbons (Fsp3) is 0.632. The number of fused-ring (bicyclic) bond motifs is 1. The lowest BCUT2D eigenvalue weighted by Gasteiger charge is -2.60. The summed E-state index contributed by atoms with van der Waals surface area (Å²) in [5.41, 5.74) is 0.232. The van der Waals surface area contributed by atoms with E-state index >= 15 is 0 Å². The minimum atomic E-state index is -0.511. The molecule has 4 bridgehead atoms. The standard InChI is InChI=1S/C19H23NO4/c21-17(20-14-1-2-15-16(4-14)24-11-23-15)9-18-5-12-3-13(6-18)8-19(22,7-12)10-18/h1-2,4,12-13,22H,3,5-11H2,(H,20,21)/t12-,13+,18?,19?. The normalized spacial score (nSPS) is 38.4. The van der Waals surface area contributed by atoms with E-state index in [1.165, 1.54) is 6.42 Å². The third-order valence-electron chi connectivity index (χ3n) is 6.34. The molecule has 1 heterocycles. The molecule has 5 nitrogen and oxygen atoms in total. The van der Waals surface area contributed by atoms with Crippen LogP contribution in [0.4, 0.5) is 5.69 Å². The number of ether oxygens (including phenoxy) is 2. The van der Waals surface area contributed by atoms with E-state index in [4.69, 9.17) is 9.47 Å². The zero-order valence-electron chi connectivity index (χ0n) is 13.7. The van der Waals surface area contributed by atoms with E-state index in [0.29, 0.717) is 24.0 Å². The van der Waals surface area contributed by atoms with Crippen LogP contribution in [0.3, 0.4) is 0 Å². The second-order valence-corrected chi connectivity index (χ2v) is 8.48. The number of anilines is 1. The van der Waals surface area contributed by atoms with Gasteiger partial charge in [-0.05, 0) is 67.9 Å². The molecule has 1 aromatic rings. The highest BCUT2D eigenvalue weighted by atomic mass is 16.7. The molecule has 4 saturated carbocycles. The first-order valence-electron chi connectivity index (χ1n) is 8.93. The van der Waals surface area contributed by atoms with Crippen molar-refractivity contribution < 1.29 is 19.4 Å². The smallest absolute Gasteiger partial charge is 0.231 e. The van der Waals surface area contributed by atoms with Crippen LogP contribution in [0.15, 0.2) is 18.2 Å². The van der Waals surface area contributed by atoms with Crippen LogP contribution < -0.4 is 14.8 Å². The predicted molar refractivity (Wildman–Crippen MR) is 87.9 cm³/mol. The zero-order chi connectivity index (χ0) is 16.4. The summed E-state index contributed by atoms with van der Waals surface area (Å²) in [6, 6.07) is 5.48. The highest BCUT2D eigenvalue weighted by molar-refractivity contribution is 5.91. The van der Waals surface area contributed by atoms with E-state index in [2.05, 4.69) is 5.32 Å². The van der Waals surface area contributed by atoms with Gasteiger partial charge in [-0.2, -0.15) is 0 Å². The van der Waals surface area contributed by atoms with Crippen LogP contribution in [0.5, 0.6) is 11.5 Å².